The van der Waals surface area contributed by atoms with Crippen molar-refractivity contribution in [2.45, 2.75) is 13.5 Å². The lowest BCUT2D eigenvalue weighted by molar-refractivity contribution is 0.411. The zero-order valence-electron chi connectivity index (χ0n) is 10.4. The molecular formula is C14H15FN2O. The standard InChI is InChI=1S/C14H15FN2O/c1-10-7-11(3-5-13(10)18-2)8-16-12-4-6-14(15)17-9-12/h3-7,9,16H,8H2,1-2H3. The Morgan fingerprint density at radius 3 is 2.72 bits per heavy atom. The largest absolute Gasteiger partial charge is 0.496 e. The van der Waals surface area contributed by atoms with Crippen LogP contribution in [0.1, 0.15) is 11.1 Å². The number of hydrogen-bond acceptors (Lipinski definition) is 3. The van der Waals surface area contributed by atoms with Crippen molar-refractivity contribution < 1.29 is 9.13 Å². The van der Waals surface area contributed by atoms with Gasteiger partial charge in [-0.2, -0.15) is 4.39 Å². The molecule has 1 heterocycles. The first-order chi connectivity index (χ1) is 8.69. The summed E-state index contributed by atoms with van der Waals surface area (Å²) in [5.74, 6) is 0.406. The maximum Gasteiger partial charge on any atom is 0.212 e. The normalized spacial score (nSPS) is 10.2. The number of halogens is 1. The lowest BCUT2D eigenvalue weighted by Gasteiger charge is -2.09. The number of nitrogens with one attached hydrogen (secondary N) is 1. The predicted molar refractivity (Wildman–Crippen MR) is 69.3 cm³/mol. The Bertz CT molecular complexity index is 526. The molecule has 0 aliphatic rings. The fraction of sp³-hybridized carbons (Fsp3) is 0.214. The van der Waals surface area contributed by atoms with Crippen molar-refractivity contribution >= 4 is 5.69 Å². The molecule has 0 bridgehead atoms. The van der Waals surface area contributed by atoms with Gasteiger partial charge in [-0.15, -0.1) is 0 Å². The number of ether oxygens (including phenoxy) is 1. The Balaban J connectivity index is 2.02. The third-order valence-electron chi connectivity index (χ3n) is 2.68. The van der Waals surface area contributed by atoms with E-state index in [1.807, 2.05) is 19.1 Å². The van der Waals surface area contributed by atoms with Crippen LogP contribution in [0, 0.1) is 12.9 Å². The van der Waals surface area contributed by atoms with Crippen molar-refractivity contribution in [1.82, 2.24) is 4.98 Å². The second kappa shape index (κ2) is 5.49. The van der Waals surface area contributed by atoms with Crippen molar-refractivity contribution in [2.24, 2.45) is 0 Å². The smallest absolute Gasteiger partial charge is 0.212 e. The van der Waals surface area contributed by atoms with Gasteiger partial charge in [-0.1, -0.05) is 12.1 Å². The van der Waals surface area contributed by atoms with Crippen LogP contribution in [0.2, 0.25) is 0 Å². The summed E-state index contributed by atoms with van der Waals surface area (Å²) in [6.45, 7) is 2.67. The number of aromatic nitrogens is 1. The summed E-state index contributed by atoms with van der Waals surface area (Å²) in [6.07, 6.45) is 1.48. The minimum atomic E-state index is -0.471. The second-order valence-corrected chi connectivity index (χ2v) is 4.03. The van der Waals surface area contributed by atoms with Crippen LogP contribution >= 0.6 is 0 Å². The minimum absolute atomic E-state index is 0.471. The highest BCUT2D eigenvalue weighted by atomic mass is 19.1. The lowest BCUT2D eigenvalue weighted by atomic mass is 10.1. The molecular weight excluding hydrogens is 231 g/mol. The molecule has 0 unspecified atom stereocenters. The molecule has 0 atom stereocenters. The lowest BCUT2D eigenvalue weighted by Crippen LogP contribution is -2.00. The van der Waals surface area contributed by atoms with Crippen LogP contribution in [0.15, 0.2) is 36.5 Å². The molecule has 1 aromatic carbocycles. The summed E-state index contributed by atoms with van der Waals surface area (Å²) in [6, 6.07) is 8.99. The van der Waals surface area contributed by atoms with E-state index in [9.17, 15) is 4.39 Å². The number of hydrogen-bond donors (Lipinski definition) is 1. The Morgan fingerprint density at radius 2 is 2.11 bits per heavy atom. The molecule has 3 nitrogen and oxygen atoms in total. The van der Waals surface area contributed by atoms with E-state index < -0.39 is 5.95 Å². The number of pyridine rings is 1. The van der Waals surface area contributed by atoms with E-state index in [1.54, 1.807) is 13.2 Å². The van der Waals surface area contributed by atoms with Crippen molar-refractivity contribution in [1.29, 1.82) is 0 Å². The molecule has 4 heteroatoms. The number of anilines is 1. The molecule has 18 heavy (non-hydrogen) atoms. The number of nitrogens with zero attached hydrogens (tertiary/aromatic N) is 1. The molecule has 0 radical (unpaired) electrons. The number of methoxy groups -OCH3 is 1. The van der Waals surface area contributed by atoms with Gasteiger partial charge in [0, 0.05) is 6.54 Å². The first-order valence-corrected chi connectivity index (χ1v) is 5.68. The SMILES string of the molecule is COc1ccc(CNc2ccc(F)nc2)cc1C. The van der Waals surface area contributed by atoms with Gasteiger partial charge in [0.1, 0.15) is 5.75 Å². The zero-order chi connectivity index (χ0) is 13.0. The van der Waals surface area contributed by atoms with Crippen molar-refractivity contribution in [3.05, 3.63) is 53.6 Å². The molecule has 94 valence electrons. The first-order valence-electron chi connectivity index (χ1n) is 5.68. The maximum absolute atomic E-state index is 12.6. The van der Waals surface area contributed by atoms with Gasteiger partial charge in [-0.3, -0.25) is 0 Å². The summed E-state index contributed by atoms with van der Waals surface area (Å²) in [5.41, 5.74) is 3.02. The molecule has 1 aromatic heterocycles. The summed E-state index contributed by atoms with van der Waals surface area (Å²) in [5, 5.41) is 3.18. The predicted octanol–water partition coefficient (Wildman–Crippen LogP) is 3.15. The first kappa shape index (κ1) is 12.4. The molecule has 0 aliphatic carbocycles. The van der Waals surface area contributed by atoms with Gasteiger partial charge in [0.25, 0.3) is 0 Å². The fourth-order valence-corrected chi connectivity index (χ4v) is 1.74. The van der Waals surface area contributed by atoms with E-state index in [-0.39, 0.29) is 0 Å². The summed E-state index contributed by atoms with van der Waals surface area (Å²) >= 11 is 0. The van der Waals surface area contributed by atoms with Crippen LogP contribution in [0.3, 0.4) is 0 Å². The summed E-state index contributed by atoms with van der Waals surface area (Å²) < 4.78 is 17.8. The molecule has 0 saturated heterocycles. The van der Waals surface area contributed by atoms with E-state index in [4.69, 9.17) is 4.74 Å². The monoisotopic (exact) mass is 246 g/mol. The zero-order valence-corrected chi connectivity index (χ0v) is 10.4. The average Bonchev–Trinajstić information content (AvgIpc) is 2.38. The topological polar surface area (TPSA) is 34.1 Å². The Morgan fingerprint density at radius 1 is 1.28 bits per heavy atom. The molecule has 0 spiro atoms. The van der Waals surface area contributed by atoms with Gasteiger partial charge in [0.05, 0.1) is 19.0 Å². The van der Waals surface area contributed by atoms with Crippen LogP contribution < -0.4 is 10.1 Å². The quantitative estimate of drug-likeness (QED) is 0.841. The van der Waals surface area contributed by atoms with Gasteiger partial charge in [-0.05, 0) is 36.2 Å². The maximum atomic E-state index is 12.6. The highest BCUT2D eigenvalue weighted by Crippen LogP contribution is 2.19. The molecule has 0 amide bonds. The molecule has 2 aromatic rings. The Kier molecular flexibility index (Phi) is 3.77. The van der Waals surface area contributed by atoms with Gasteiger partial charge >= 0.3 is 0 Å². The highest BCUT2D eigenvalue weighted by Gasteiger charge is 2.00. The van der Waals surface area contributed by atoms with Gasteiger partial charge < -0.3 is 10.1 Å². The van der Waals surface area contributed by atoms with Crippen LogP contribution in [0.4, 0.5) is 10.1 Å². The minimum Gasteiger partial charge on any atom is -0.496 e. The van der Waals surface area contributed by atoms with E-state index in [0.29, 0.717) is 6.54 Å². The van der Waals surface area contributed by atoms with E-state index >= 15 is 0 Å². The van der Waals surface area contributed by atoms with Crippen LogP contribution in [0.25, 0.3) is 0 Å². The van der Waals surface area contributed by atoms with Crippen molar-refractivity contribution in [2.75, 3.05) is 12.4 Å². The summed E-state index contributed by atoms with van der Waals surface area (Å²) in [7, 11) is 1.66. The van der Waals surface area contributed by atoms with Gasteiger partial charge in [-0.25, -0.2) is 4.98 Å². The second-order valence-electron chi connectivity index (χ2n) is 4.03. The van der Waals surface area contributed by atoms with Gasteiger partial charge in [0.2, 0.25) is 5.95 Å². The summed E-state index contributed by atoms with van der Waals surface area (Å²) in [4.78, 5) is 3.59. The third kappa shape index (κ3) is 2.97. The van der Waals surface area contributed by atoms with E-state index in [2.05, 4.69) is 16.4 Å². The number of aryl methyl sites for hydroxylation is 1. The Hall–Kier alpha value is -2.10. The Labute approximate surface area is 106 Å². The molecule has 2 rings (SSSR count). The van der Waals surface area contributed by atoms with E-state index in [1.165, 1.54) is 12.3 Å². The van der Waals surface area contributed by atoms with E-state index in [0.717, 1.165) is 22.6 Å². The van der Waals surface area contributed by atoms with Crippen LogP contribution in [-0.4, -0.2) is 12.1 Å². The van der Waals surface area contributed by atoms with Crippen molar-refractivity contribution in [3.8, 4) is 5.75 Å². The molecule has 1 N–H and O–H groups in total. The molecule has 0 saturated carbocycles. The van der Waals surface area contributed by atoms with Crippen LogP contribution in [-0.2, 0) is 6.54 Å². The average molecular weight is 246 g/mol. The fourth-order valence-electron chi connectivity index (χ4n) is 1.74. The highest BCUT2D eigenvalue weighted by molar-refractivity contribution is 5.42. The molecule has 0 aliphatic heterocycles. The van der Waals surface area contributed by atoms with Crippen molar-refractivity contribution in [3.63, 3.8) is 0 Å². The number of rotatable bonds is 4. The van der Waals surface area contributed by atoms with Crippen LogP contribution in [0.5, 0.6) is 5.75 Å². The van der Waals surface area contributed by atoms with Gasteiger partial charge in [0.15, 0.2) is 0 Å². The molecule has 0 fully saturated rings. The number of benzene rings is 1. The third-order valence-corrected chi connectivity index (χ3v) is 2.68.